The van der Waals surface area contributed by atoms with E-state index < -0.39 is 0 Å². The van der Waals surface area contributed by atoms with Crippen molar-refractivity contribution in [2.75, 3.05) is 13.1 Å². The Balaban J connectivity index is 1.84. The molecule has 1 aliphatic rings. The second-order valence-corrected chi connectivity index (χ2v) is 6.30. The monoisotopic (exact) mass is 274 g/mol. The third-order valence-electron chi connectivity index (χ3n) is 4.55. The van der Waals surface area contributed by atoms with Crippen LogP contribution in [0, 0.1) is 0 Å². The average Bonchev–Trinajstić information content (AvgIpc) is 2.46. The number of nitrogens with one attached hydrogen (secondary N) is 1. The molecule has 1 heterocycles. The van der Waals surface area contributed by atoms with Crippen LogP contribution in [0.5, 0.6) is 0 Å². The molecule has 0 aliphatic carbocycles. The predicted octanol–water partition coefficient (Wildman–Crippen LogP) is 3.47. The van der Waals surface area contributed by atoms with Crippen molar-refractivity contribution in [1.29, 1.82) is 0 Å². The van der Waals surface area contributed by atoms with Crippen LogP contribution in [0.2, 0.25) is 0 Å². The minimum atomic E-state index is 0.638. The lowest BCUT2D eigenvalue weighted by atomic mass is 9.94. The first-order valence-electron chi connectivity index (χ1n) is 8.23. The lowest BCUT2D eigenvalue weighted by Gasteiger charge is -2.41. The van der Waals surface area contributed by atoms with Gasteiger partial charge >= 0.3 is 0 Å². The van der Waals surface area contributed by atoms with Crippen LogP contribution >= 0.6 is 0 Å². The lowest BCUT2D eigenvalue weighted by molar-refractivity contribution is 0.0955. The minimum absolute atomic E-state index is 0.638. The molecule has 0 bridgehead atoms. The van der Waals surface area contributed by atoms with Crippen molar-refractivity contribution in [2.45, 2.75) is 64.6 Å². The van der Waals surface area contributed by atoms with E-state index in [4.69, 9.17) is 0 Å². The summed E-state index contributed by atoms with van der Waals surface area (Å²) in [7, 11) is 0. The molecule has 1 saturated heterocycles. The normalized spacial score (nSPS) is 25.6. The van der Waals surface area contributed by atoms with Gasteiger partial charge in [-0.05, 0) is 51.6 Å². The van der Waals surface area contributed by atoms with Crippen LogP contribution in [0.3, 0.4) is 0 Å². The molecule has 0 spiro atoms. The van der Waals surface area contributed by atoms with E-state index in [9.17, 15) is 0 Å². The topological polar surface area (TPSA) is 15.3 Å². The molecular weight excluding hydrogens is 244 g/mol. The summed E-state index contributed by atoms with van der Waals surface area (Å²) in [5.74, 6) is 0. The highest BCUT2D eigenvalue weighted by Gasteiger charge is 2.28. The average molecular weight is 274 g/mol. The van der Waals surface area contributed by atoms with E-state index in [0.29, 0.717) is 12.1 Å². The van der Waals surface area contributed by atoms with E-state index in [-0.39, 0.29) is 0 Å². The summed E-state index contributed by atoms with van der Waals surface area (Å²) in [6, 6.07) is 12.9. The third kappa shape index (κ3) is 4.32. The Labute approximate surface area is 124 Å². The Morgan fingerprint density at radius 1 is 1.30 bits per heavy atom. The van der Waals surface area contributed by atoms with Crippen LogP contribution in [0.1, 0.15) is 45.6 Å². The summed E-state index contributed by atoms with van der Waals surface area (Å²) < 4.78 is 0. The van der Waals surface area contributed by atoms with Gasteiger partial charge in [-0.15, -0.1) is 0 Å². The molecule has 0 saturated carbocycles. The highest BCUT2D eigenvalue weighted by molar-refractivity contribution is 5.15. The van der Waals surface area contributed by atoms with Gasteiger partial charge in [0, 0.05) is 24.7 Å². The quantitative estimate of drug-likeness (QED) is 0.854. The molecule has 3 unspecified atom stereocenters. The summed E-state index contributed by atoms with van der Waals surface area (Å²) in [6.07, 6.45) is 4.99. The summed E-state index contributed by atoms with van der Waals surface area (Å²) in [5, 5.41) is 3.68. The highest BCUT2D eigenvalue weighted by atomic mass is 15.2. The molecule has 0 radical (unpaired) electrons. The number of hydrogen-bond acceptors (Lipinski definition) is 2. The fourth-order valence-corrected chi connectivity index (χ4v) is 3.45. The van der Waals surface area contributed by atoms with Gasteiger partial charge in [0.1, 0.15) is 0 Å². The van der Waals surface area contributed by atoms with Gasteiger partial charge in [-0.3, -0.25) is 4.90 Å². The Bertz CT molecular complexity index is 376. The SMILES string of the molecule is CCCNC1CCN(C(C)Cc2ccccc2)C(C)C1. The fraction of sp³-hybridized carbons (Fsp3) is 0.667. The summed E-state index contributed by atoms with van der Waals surface area (Å²) in [4.78, 5) is 2.69. The smallest absolute Gasteiger partial charge is 0.0110 e. The molecule has 0 aromatic heterocycles. The minimum Gasteiger partial charge on any atom is -0.314 e. The van der Waals surface area contributed by atoms with Gasteiger partial charge in [-0.2, -0.15) is 0 Å². The molecule has 1 aromatic carbocycles. The first-order valence-corrected chi connectivity index (χ1v) is 8.23. The zero-order valence-electron chi connectivity index (χ0n) is 13.3. The van der Waals surface area contributed by atoms with Crippen LogP contribution in [-0.2, 0) is 6.42 Å². The zero-order chi connectivity index (χ0) is 14.4. The van der Waals surface area contributed by atoms with Crippen molar-refractivity contribution in [3.05, 3.63) is 35.9 Å². The second kappa shape index (κ2) is 7.80. The van der Waals surface area contributed by atoms with E-state index >= 15 is 0 Å². The maximum absolute atomic E-state index is 3.68. The predicted molar refractivity (Wildman–Crippen MR) is 87.1 cm³/mol. The van der Waals surface area contributed by atoms with Crippen LogP contribution in [0.25, 0.3) is 0 Å². The molecule has 2 nitrogen and oxygen atoms in total. The molecule has 1 aromatic rings. The van der Waals surface area contributed by atoms with Crippen LogP contribution in [0.15, 0.2) is 30.3 Å². The maximum Gasteiger partial charge on any atom is 0.0110 e. The molecule has 1 fully saturated rings. The Morgan fingerprint density at radius 3 is 2.70 bits per heavy atom. The molecule has 0 amide bonds. The van der Waals surface area contributed by atoms with Crippen molar-refractivity contribution in [3.63, 3.8) is 0 Å². The largest absolute Gasteiger partial charge is 0.314 e. The van der Waals surface area contributed by atoms with E-state index in [1.807, 2.05) is 0 Å². The first kappa shape index (κ1) is 15.5. The summed E-state index contributed by atoms with van der Waals surface area (Å²) in [6.45, 7) is 9.41. The van der Waals surface area contributed by atoms with Crippen molar-refractivity contribution in [1.82, 2.24) is 10.2 Å². The fourth-order valence-electron chi connectivity index (χ4n) is 3.45. The van der Waals surface area contributed by atoms with Gasteiger partial charge in [0.25, 0.3) is 0 Å². The number of hydrogen-bond donors (Lipinski definition) is 1. The molecule has 1 aliphatic heterocycles. The van der Waals surface area contributed by atoms with Gasteiger partial charge in [-0.1, -0.05) is 37.3 Å². The van der Waals surface area contributed by atoms with Crippen LogP contribution in [0.4, 0.5) is 0 Å². The van der Waals surface area contributed by atoms with E-state index in [0.717, 1.165) is 19.0 Å². The second-order valence-electron chi connectivity index (χ2n) is 6.30. The van der Waals surface area contributed by atoms with E-state index in [1.165, 1.54) is 31.4 Å². The number of rotatable bonds is 6. The summed E-state index contributed by atoms with van der Waals surface area (Å²) >= 11 is 0. The highest BCUT2D eigenvalue weighted by Crippen LogP contribution is 2.21. The Morgan fingerprint density at radius 2 is 2.05 bits per heavy atom. The van der Waals surface area contributed by atoms with Gasteiger partial charge in [0.05, 0.1) is 0 Å². The van der Waals surface area contributed by atoms with Gasteiger partial charge in [0.2, 0.25) is 0 Å². The number of nitrogens with zero attached hydrogens (tertiary/aromatic N) is 1. The lowest BCUT2D eigenvalue weighted by Crippen LogP contribution is -2.51. The van der Waals surface area contributed by atoms with Gasteiger partial charge < -0.3 is 5.32 Å². The number of piperidine rings is 1. The molecule has 2 rings (SSSR count). The summed E-state index contributed by atoms with van der Waals surface area (Å²) in [5.41, 5.74) is 1.46. The van der Waals surface area contributed by atoms with Gasteiger partial charge in [0.15, 0.2) is 0 Å². The Hall–Kier alpha value is -0.860. The standard InChI is InChI=1S/C18H30N2/c1-4-11-19-18-10-12-20(16(3)14-18)15(2)13-17-8-6-5-7-9-17/h5-9,15-16,18-19H,4,10-14H2,1-3H3. The molecular formula is C18H30N2. The molecule has 3 atom stereocenters. The van der Waals surface area contributed by atoms with E-state index in [2.05, 4.69) is 61.3 Å². The van der Waals surface area contributed by atoms with Crippen molar-refractivity contribution < 1.29 is 0 Å². The molecule has 20 heavy (non-hydrogen) atoms. The first-order chi connectivity index (χ1) is 9.70. The molecule has 112 valence electrons. The zero-order valence-corrected chi connectivity index (χ0v) is 13.3. The number of likely N-dealkylation sites (tertiary alicyclic amines) is 1. The number of benzene rings is 1. The molecule has 2 heteroatoms. The van der Waals surface area contributed by atoms with Crippen molar-refractivity contribution in [2.24, 2.45) is 0 Å². The Kier molecular flexibility index (Phi) is 6.06. The maximum atomic E-state index is 3.68. The molecule has 1 N–H and O–H groups in total. The van der Waals surface area contributed by atoms with Crippen molar-refractivity contribution in [3.8, 4) is 0 Å². The van der Waals surface area contributed by atoms with Gasteiger partial charge in [-0.25, -0.2) is 0 Å². The van der Waals surface area contributed by atoms with E-state index in [1.54, 1.807) is 0 Å². The third-order valence-corrected chi connectivity index (χ3v) is 4.55. The van der Waals surface area contributed by atoms with Crippen LogP contribution in [-0.4, -0.2) is 36.1 Å². The van der Waals surface area contributed by atoms with Crippen molar-refractivity contribution >= 4 is 0 Å². The van der Waals surface area contributed by atoms with Crippen LogP contribution < -0.4 is 5.32 Å².